The first-order valence-corrected chi connectivity index (χ1v) is 7.59. The molecule has 1 aromatic carbocycles. The molecule has 0 spiro atoms. The van der Waals surface area contributed by atoms with Gasteiger partial charge in [0.25, 0.3) is 0 Å². The standard InChI is InChI=1S/C13H17N3O3S/c1-10-12(8-16(2)15-10)7-14-20(18,19)13-5-3-11(9-17)4-6-13/h3-6,8,14,17H,7,9H2,1-2H3. The van der Waals surface area contributed by atoms with Crippen LogP contribution < -0.4 is 4.72 Å². The van der Waals surface area contributed by atoms with Gasteiger partial charge in [-0.05, 0) is 24.6 Å². The first kappa shape index (κ1) is 14.7. The second kappa shape index (κ2) is 5.74. The molecule has 0 aliphatic heterocycles. The second-order valence-corrected chi connectivity index (χ2v) is 6.31. The summed E-state index contributed by atoms with van der Waals surface area (Å²) in [5.41, 5.74) is 2.31. The largest absolute Gasteiger partial charge is 0.392 e. The van der Waals surface area contributed by atoms with Crippen molar-refractivity contribution >= 4 is 10.0 Å². The minimum atomic E-state index is -3.56. The number of hydrogen-bond donors (Lipinski definition) is 2. The van der Waals surface area contributed by atoms with Crippen molar-refractivity contribution in [2.45, 2.75) is 25.0 Å². The topological polar surface area (TPSA) is 84.2 Å². The van der Waals surface area contributed by atoms with Crippen LogP contribution in [0.15, 0.2) is 35.4 Å². The molecule has 0 fully saturated rings. The molecule has 0 radical (unpaired) electrons. The van der Waals surface area contributed by atoms with Gasteiger partial charge in [0, 0.05) is 25.4 Å². The lowest BCUT2D eigenvalue weighted by Gasteiger charge is -2.06. The van der Waals surface area contributed by atoms with Gasteiger partial charge in [-0.1, -0.05) is 12.1 Å². The average Bonchev–Trinajstić information content (AvgIpc) is 2.75. The van der Waals surface area contributed by atoms with Crippen LogP contribution in [0, 0.1) is 6.92 Å². The van der Waals surface area contributed by atoms with Gasteiger partial charge in [0.05, 0.1) is 17.2 Å². The fourth-order valence-electron chi connectivity index (χ4n) is 1.85. The van der Waals surface area contributed by atoms with E-state index in [2.05, 4.69) is 9.82 Å². The second-order valence-electron chi connectivity index (χ2n) is 4.54. The lowest BCUT2D eigenvalue weighted by Crippen LogP contribution is -2.23. The van der Waals surface area contributed by atoms with Crippen LogP contribution in [0.2, 0.25) is 0 Å². The third-order valence-corrected chi connectivity index (χ3v) is 4.40. The van der Waals surface area contributed by atoms with E-state index < -0.39 is 10.0 Å². The Morgan fingerprint density at radius 3 is 2.45 bits per heavy atom. The molecule has 0 aliphatic rings. The first-order chi connectivity index (χ1) is 9.42. The summed E-state index contributed by atoms with van der Waals surface area (Å²) in [5, 5.41) is 13.1. The Morgan fingerprint density at radius 2 is 1.95 bits per heavy atom. The van der Waals surface area contributed by atoms with Crippen molar-refractivity contribution in [3.63, 3.8) is 0 Å². The van der Waals surface area contributed by atoms with Gasteiger partial charge in [-0.25, -0.2) is 13.1 Å². The molecule has 108 valence electrons. The van der Waals surface area contributed by atoms with Crippen LogP contribution in [-0.4, -0.2) is 23.3 Å². The van der Waals surface area contributed by atoms with Gasteiger partial charge < -0.3 is 5.11 Å². The van der Waals surface area contributed by atoms with E-state index in [1.165, 1.54) is 12.1 Å². The molecule has 6 nitrogen and oxygen atoms in total. The summed E-state index contributed by atoms with van der Waals surface area (Å²) in [4.78, 5) is 0.177. The molecule has 0 saturated carbocycles. The Bertz CT molecular complexity index is 690. The molecular formula is C13H17N3O3S. The van der Waals surface area contributed by atoms with Crippen LogP contribution in [0.1, 0.15) is 16.8 Å². The quantitative estimate of drug-likeness (QED) is 0.850. The van der Waals surface area contributed by atoms with E-state index in [1.54, 1.807) is 30.1 Å². The van der Waals surface area contributed by atoms with E-state index in [4.69, 9.17) is 5.11 Å². The third kappa shape index (κ3) is 3.24. The van der Waals surface area contributed by atoms with E-state index in [0.29, 0.717) is 5.56 Å². The molecule has 0 aliphatic carbocycles. The van der Waals surface area contributed by atoms with Crippen LogP contribution in [0.4, 0.5) is 0 Å². The normalized spacial score (nSPS) is 11.8. The van der Waals surface area contributed by atoms with Crippen molar-refractivity contribution in [1.82, 2.24) is 14.5 Å². The summed E-state index contributed by atoms with van der Waals surface area (Å²) < 4.78 is 28.4. The highest BCUT2D eigenvalue weighted by atomic mass is 32.2. The Hall–Kier alpha value is -1.70. The summed E-state index contributed by atoms with van der Waals surface area (Å²) >= 11 is 0. The zero-order chi connectivity index (χ0) is 14.8. The molecule has 0 amide bonds. The summed E-state index contributed by atoms with van der Waals surface area (Å²) in [7, 11) is -1.77. The predicted octanol–water partition coefficient (Wildman–Crippen LogP) is 0.699. The number of aliphatic hydroxyl groups excluding tert-OH is 1. The van der Waals surface area contributed by atoms with Crippen molar-refractivity contribution in [3.05, 3.63) is 47.3 Å². The van der Waals surface area contributed by atoms with E-state index >= 15 is 0 Å². The monoisotopic (exact) mass is 295 g/mol. The van der Waals surface area contributed by atoms with Crippen molar-refractivity contribution in [2.75, 3.05) is 0 Å². The number of aryl methyl sites for hydroxylation is 2. The van der Waals surface area contributed by atoms with E-state index in [1.807, 2.05) is 6.92 Å². The van der Waals surface area contributed by atoms with Gasteiger partial charge >= 0.3 is 0 Å². The number of rotatable bonds is 5. The molecule has 2 rings (SSSR count). The Labute approximate surface area is 118 Å². The highest BCUT2D eigenvalue weighted by Gasteiger charge is 2.14. The number of nitrogens with one attached hydrogen (secondary N) is 1. The predicted molar refractivity (Wildman–Crippen MR) is 74.3 cm³/mol. The maximum Gasteiger partial charge on any atom is 0.240 e. The number of aromatic nitrogens is 2. The molecule has 1 heterocycles. The van der Waals surface area contributed by atoms with Gasteiger partial charge in [0.15, 0.2) is 0 Å². The summed E-state index contributed by atoms with van der Waals surface area (Å²) in [6.45, 7) is 1.92. The molecule has 0 saturated heterocycles. The average molecular weight is 295 g/mol. The first-order valence-electron chi connectivity index (χ1n) is 6.11. The molecule has 2 N–H and O–H groups in total. The van der Waals surface area contributed by atoms with Crippen LogP contribution in [0.5, 0.6) is 0 Å². The smallest absolute Gasteiger partial charge is 0.240 e. The highest BCUT2D eigenvalue weighted by Crippen LogP contribution is 2.12. The van der Waals surface area contributed by atoms with E-state index in [0.717, 1.165) is 11.3 Å². The Balaban J connectivity index is 2.12. The van der Waals surface area contributed by atoms with Gasteiger partial charge in [0.2, 0.25) is 10.0 Å². The van der Waals surface area contributed by atoms with Crippen molar-refractivity contribution in [1.29, 1.82) is 0 Å². The van der Waals surface area contributed by atoms with Crippen LogP contribution in [0.25, 0.3) is 0 Å². The van der Waals surface area contributed by atoms with Gasteiger partial charge in [-0.15, -0.1) is 0 Å². The van der Waals surface area contributed by atoms with Crippen molar-refractivity contribution in [3.8, 4) is 0 Å². The van der Waals surface area contributed by atoms with Crippen LogP contribution in [-0.2, 0) is 30.2 Å². The molecular weight excluding hydrogens is 278 g/mol. The van der Waals surface area contributed by atoms with Crippen molar-refractivity contribution in [2.24, 2.45) is 7.05 Å². The number of benzene rings is 1. The van der Waals surface area contributed by atoms with Gasteiger partial charge in [-0.2, -0.15) is 5.10 Å². The van der Waals surface area contributed by atoms with Crippen molar-refractivity contribution < 1.29 is 13.5 Å². The highest BCUT2D eigenvalue weighted by molar-refractivity contribution is 7.89. The molecule has 0 unspecified atom stereocenters. The minimum absolute atomic E-state index is 0.108. The summed E-state index contributed by atoms with van der Waals surface area (Å²) in [6, 6.07) is 6.13. The minimum Gasteiger partial charge on any atom is -0.392 e. The fraction of sp³-hybridized carbons (Fsp3) is 0.308. The van der Waals surface area contributed by atoms with Crippen LogP contribution in [0.3, 0.4) is 0 Å². The molecule has 7 heteroatoms. The Kier molecular flexibility index (Phi) is 4.22. The lowest BCUT2D eigenvalue weighted by atomic mass is 10.2. The maximum absolute atomic E-state index is 12.1. The SMILES string of the molecule is Cc1nn(C)cc1CNS(=O)(=O)c1ccc(CO)cc1. The maximum atomic E-state index is 12.1. The van der Waals surface area contributed by atoms with E-state index in [-0.39, 0.29) is 18.0 Å². The number of hydrogen-bond acceptors (Lipinski definition) is 4. The zero-order valence-electron chi connectivity index (χ0n) is 11.4. The van der Waals surface area contributed by atoms with Gasteiger partial charge in [-0.3, -0.25) is 4.68 Å². The molecule has 2 aromatic rings. The Morgan fingerprint density at radius 1 is 1.30 bits per heavy atom. The summed E-state index contributed by atoms with van der Waals surface area (Å²) in [6.07, 6.45) is 1.78. The molecule has 20 heavy (non-hydrogen) atoms. The molecule has 0 atom stereocenters. The zero-order valence-corrected chi connectivity index (χ0v) is 12.2. The van der Waals surface area contributed by atoms with E-state index in [9.17, 15) is 8.42 Å². The number of aliphatic hydroxyl groups is 1. The lowest BCUT2D eigenvalue weighted by molar-refractivity contribution is 0.282. The molecule has 1 aromatic heterocycles. The summed E-state index contributed by atoms with van der Waals surface area (Å²) in [5.74, 6) is 0. The number of nitrogens with zero attached hydrogens (tertiary/aromatic N) is 2. The fourth-order valence-corrected chi connectivity index (χ4v) is 2.86. The number of sulfonamides is 1. The van der Waals surface area contributed by atoms with Crippen LogP contribution >= 0.6 is 0 Å². The molecule has 0 bridgehead atoms. The third-order valence-electron chi connectivity index (χ3n) is 2.98. The van der Waals surface area contributed by atoms with Gasteiger partial charge in [0.1, 0.15) is 0 Å².